The summed E-state index contributed by atoms with van der Waals surface area (Å²) in [6, 6.07) is 8.02. The molecule has 0 aliphatic rings. The summed E-state index contributed by atoms with van der Waals surface area (Å²) in [4.78, 5) is 14.0. The molecule has 0 aliphatic heterocycles. The fraction of sp³-hybridized carbons (Fsp3) is 0.300. The number of nitrogens with zero attached hydrogens (tertiary/aromatic N) is 2. The summed E-state index contributed by atoms with van der Waals surface area (Å²) in [5.74, 6) is -0.00968. The Morgan fingerprint density at radius 1 is 1.33 bits per heavy atom. The van der Waals surface area contributed by atoms with E-state index in [0.717, 1.165) is 16.8 Å². The third-order valence-electron chi connectivity index (χ3n) is 3.62. The van der Waals surface area contributed by atoms with E-state index in [1.54, 1.807) is 12.2 Å². The fourth-order valence-electron chi connectivity index (χ4n) is 2.38. The van der Waals surface area contributed by atoms with Gasteiger partial charge in [-0.15, -0.1) is 13.2 Å². The third kappa shape index (κ3) is 4.85. The molecule has 0 saturated carbocycles. The minimum Gasteiger partial charge on any atom is -0.360 e. The van der Waals surface area contributed by atoms with E-state index in [0.29, 0.717) is 19.0 Å². The monoisotopic (exact) mass is 323 g/mol. The van der Waals surface area contributed by atoms with Crippen LogP contribution in [0, 0.1) is 18.3 Å². The Bertz CT molecular complexity index is 671. The van der Waals surface area contributed by atoms with Gasteiger partial charge in [0.05, 0.1) is 0 Å². The average molecular weight is 323 g/mol. The number of amides is 1. The van der Waals surface area contributed by atoms with Crippen molar-refractivity contribution >= 4 is 11.6 Å². The zero-order chi connectivity index (χ0) is 18.1. The van der Waals surface area contributed by atoms with E-state index in [9.17, 15) is 10.1 Å². The van der Waals surface area contributed by atoms with E-state index in [-0.39, 0.29) is 11.5 Å². The Labute approximate surface area is 144 Å². The molecule has 0 unspecified atom stereocenters. The molecule has 1 aromatic rings. The van der Waals surface area contributed by atoms with Gasteiger partial charge in [0.1, 0.15) is 11.6 Å². The molecule has 0 aliphatic carbocycles. The second-order valence-electron chi connectivity index (χ2n) is 5.80. The minimum absolute atomic E-state index is 0.0525. The molecule has 0 bridgehead atoms. The van der Waals surface area contributed by atoms with Crippen LogP contribution in [0.3, 0.4) is 0 Å². The van der Waals surface area contributed by atoms with E-state index < -0.39 is 0 Å². The lowest BCUT2D eigenvalue weighted by atomic mass is 9.98. The van der Waals surface area contributed by atoms with Crippen LogP contribution in [0.5, 0.6) is 0 Å². The zero-order valence-electron chi connectivity index (χ0n) is 14.7. The molecule has 0 heterocycles. The quantitative estimate of drug-likeness (QED) is 0.444. The Morgan fingerprint density at radius 3 is 2.46 bits per heavy atom. The van der Waals surface area contributed by atoms with Crippen molar-refractivity contribution in [1.29, 1.82) is 5.26 Å². The maximum absolute atomic E-state index is 12.5. The largest absolute Gasteiger partial charge is 0.360 e. The molecule has 0 saturated heterocycles. The molecule has 0 radical (unpaired) electrons. The first kappa shape index (κ1) is 19.2. The van der Waals surface area contributed by atoms with Gasteiger partial charge in [-0.05, 0) is 24.0 Å². The van der Waals surface area contributed by atoms with Crippen LogP contribution in [0.15, 0.2) is 55.3 Å². The lowest BCUT2D eigenvalue weighted by molar-refractivity contribution is -0.125. The highest BCUT2D eigenvalue weighted by Gasteiger charge is 2.16. The number of nitriles is 1. The van der Waals surface area contributed by atoms with Crippen LogP contribution in [0.2, 0.25) is 0 Å². The van der Waals surface area contributed by atoms with Crippen LogP contribution >= 0.6 is 0 Å². The van der Waals surface area contributed by atoms with Crippen molar-refractivity contribution in [2.24, 2.45) is 0 Å². The number of aryl methyl sites for hydroxylation is 1. The van der Waals surface area contributed by atoms with Gasteiger partial charge in [-0.25, -0.2) is 0 Å². The second kappa shape index (κ2) is 9.36. The van der Waals surface area contributed by atoms with Crippen LogP contribution < -0.4 is 5.32 Å². The normalized spacial score (nSPS) is 10.9. The van der Waals surface area contributed by atoms with E-state index in [2.05, 4.69) is 32.3 Å². The number of carbonyl (C=O) groups is 1. The van der Waals surface area contributed by atoms with Crippen molar-refractivity contribution in [2.75, 3.05) is 18.4 Å². The summed E-state index contributed by atoms with van der Waals surface area (Å²) >= 11 is 0. The molecule has 1 aromatic carbocycles. The van der Waals surface area contributed by atoms with Gasteiger partial charge in [-0.1, -0.05) is 44.2 Å². The van der Waals surface area contributed by atoms with Gasteiger partial charge >= 0.3 is 0 Å². The van der Waals surface area contributed by atoms with E-state index in [1.807, 2.05) is 31.2 Å². The van der Waals surface area contributed by atoms with Gasteiger partial charge in [0.25, 0.3) is 5.91 Å². The van der Waals surface area contributed by atoms with Gasteiger partial charge in [0.15, 0.2) is 0 Å². The Morgan fingerprint density at radius 2 is 1.96 bits per heavy atom. The van der Waals surface area contributed by atoms with Crippen LogP contribution in [0.25, 0.3) is 0 Å². The molecule has 0 atom stereocenters. The van der Waals surface area contributed by atoms with E-state index >= 15 is 0 Å². The van der Waals surface area contributed by atoms with E-state index in [4.69, 9.17) is 0 Å². The first-order valence-electron chi connectivity index (χ1n) is 7.93. The van der Waals surface area contributed by atoms with Gasteiger partial charge in [-0.2, -0.15) is 5.26 Å². The summed E-state index contributed by atoms with van der Waals surface area (Å²) in [6.07, 6.45) is 4.74. The molecular weight excluding hydrogens is 298 g/mol. The molecule has 0 fully saturated rings. The van der Waals surface area contributed by atoms with Gasteiger partial charge < -0.3 is 10.2 Å². The fourth-order valence-corrected chi connectivity index (χ4v) is 2.38. The van der Waals surface area contributed by atoms with Crippen molar-refractivity contribution in [1.82, 2.24) is 4.90 Å². The molecule has 1 N–H and O–H groups in total. The minimum atomic E-state index is -0.343. The maximum Gasteiger partial charge on any atom is 0.266 e. The molecular formula is C20H25N3O. The van der Waals surface area contributed by atoms with Crippen LogP contribution in [-0.4, -0.2) is 23.9 Å². The predicted octanol–water partition coefficient (Wildman–Crippen LogP) is 4.14. The van der Waals surface area contributed by atoms with Crippen LogP contribution in [0.4, 0.5) is 5.69 Å². The maximum atomic E-state index is 12.5. The lowest BCUT2D eigenvalue weighted by Gasteiger charge is -2.19. The lowest BCUT2D eigenvalue weighted by Crippen LogP contribution is -2.32. The van der Waals surface area contributed by atoms with Crippen molar-refractivity contribution in [3.05, 3.63) is 66.4 Å². The summed E-state index contributed by atoms with van der Waals surface area (Å²) in [5.41, 5.74) is 3.20. The summed E-state index contributed by atoms with van der Waals surface area (Å²) < 4.78 is 0. The van der Waals surface area contributed by atoms with Gasteiger partial charge in [0.2, 0.25) is 0 Å². The molecule has 24 heavy (non-hydrogen) atoms. The molecule has 4 heteroatoms. The van der Waals surface area contributed by atoms with Crippen LogP contribution in [0.1, 0.15) is 30.9 Å². The molecule has 4 nitrogen and oxygen atoms in total. The van der Waals surface area contributed by atoms with Crippen molar-refractivity contribution in [3.8, 4) is 6.07 Å². The number of anilines is 1. The first-order chi connectivity index (χ1) is 11.5. The second-order valence-corrected chi connectivity index (χ2v) is 5.80. The van der Waals surface area contributed by atoms with Crippen molar-refractivity contribution in [2.45, 2.75) is 26.7 Å². The average Bonchev–Trinajstić information content (AvgIpc) is 2.55. The number of rotatable bonds is 8. The predicted molar refractivity (Wildman–Crippen MR) is 99.6 cm³/mol. The Kier molecular flexibility index (Phi) is 7.51. The third-order valence-corrected chi connectivity index (χ3v) is 3.62. The first-order valence-corrected chi connectivity index (χ1v) is 7.93. The van der Waals surface area contributed by atoms with E-state index in [1.165, 1.54) is 11.1 Å². The smallest absolute Gasteiger partial charge is 0.266 e. The number of carbonyl (C=O) groups excluding carboxylic acids is 1. The highest BCUT2D eigenvalue weighted by atomic mass is 16.2. The number of hydrogen-bond donors (Lipinski definition) is 1. The van der Waals surface area contributed by atoms with Gasteiger partial charge in [-0.3, -0.25) is 4.79 Å². The standard InChI is InChI=1S/C20H25N3O/c1-6-11-23(12-7-2)20(24)17(13-21)14-22-19-16(5)9-8-10-18(19)15(3)4/h6-10,14-15,22H,1-2,11-12H2,3-5H3/b17-14-. The molecule has 126 valence electrons. The van der Waals surface area contributed by atoms with Crippen LogP contribution in [-0.2, 0) is 4.79 Å². The summed E-state index contributed by atoms with van der Waals surface area (Å²) in [7, 11) is 0. The zero-order valence-corrected chi connectivity index (χ0v) is 14.7. The summed E-state index contributed by atoms with van der Waals surface area (Å²) in [6.45, 7) is 14.2. The number of nitrogens with one attached hydrogen (secondary N) is 1. The number of hydrogen-bond acceptors (Lipinski definition) is 3. The molecule has 1 rings (SSSR count). The number of benzene rings is 1. The van der Waals surface area contributed by atoms with Crippen molar-refractivity contribution < 1.29 is 4.79 Å². The number of para-hydroxylation sites is 1. The van der Waals surface area contributed by atoms with Crippen molar-refractivity contribution in [3.63, 3.8) is 0 Å². The highest BCUT2D eigenvalue weighted by Crippen LogP contribution is 2.27. The van der Waals surface area contributed by atoms with Gasteiger partial charge in [0, 0.05) is 25.0 Å². The molecule has 0 aromatic heterocycles. The molecule has 0 spiro atoms. The SMILES string of the molecule is C=CCN(CC=C)C(=O)/C(C#N)=C\Nc1c(C)cccc1C(C)C. The molecule has 1 amide bonds. The topological polar surface area (TPSA) is 56.1 Å². The Hall–Kier alpha value is -2.80. The summed E-state index contributed by atoms with van der Waals surface area (Å²) in [5, 5.41) is 12.5. The Balaban J connectivity index is 3.10. The highest BCUT2D eigenvalue weighted by molar-refractivity contribution is 5.97.